The normalized spacial score (nSPS) is 25.3. The number of fused-ring (bicyclic) bond motifs is 5. The van der Waals surface area contributed by atoms with Crippen molar-refractivity contribution < 1.29 is 23.9 Å². The number of benzene rings is 2. The van der Waals surface area contributed by atoms with E-state index in [0.29, 0.717) is 23.2 Å². The first-order chi connectivity index (χ1) is 15.8. The van der Waals surface area contributed by atoms with Crippen molar-refractivity contribution in [1.29, 1.82) is 0 Å². The molecular formula is C25H23BrN2O5. The van der Waals surface area contributed by atoms with Gasteiger partial charge in [-0.25, -0.2) is 4.79 Å². The van der Waals surface area contributed by atoms with Crippen LogP contribution in [0.2, 0.25) is 0 Å². The highest BCUT2D eigenvalue weighted by Crippen LogP contribution is 2.56. The van der Waals surface area contributed by atoms with Gasteiger partial charge >= 0.3 is 5.97 Å². The monoisotopic (exact) mass is 510 g/mol. The van der Waals surface area contributed by atoms with Gasteiger partial charge in [-0.05, 0) is 86.1 Å². The number of carbonyl (C=O) groups excluding carboxylic acids is 4. The minimum atomic E-state index is -0.654. The number of carbonyl (C=O) groups is 4. The average Bonchev–Trinajstić information content (AvgIpc) is 3.48. The zero-order chi connectivity index (χ0) is 23.3. The molecule has 170 valence electrons. The molecule has 2 aromatic rings. The molecule has 0 unspecified atom stereocenters. The molecule has 3 fully saturated rings. The van der Waals surface area contributed by atoms with E-state index in [0.717, 1.165) is 29.3 Å². The Hall–Kier alpha value is -3.00. The Balaban J connectivity index is 1.20. The number of amides is 3. The summed E-state index contributed by atoms with van der Waals surface area (Å²) in [5, 5.41) is 2.71. The number of nitrogens with one attached hydrogen (secondary N) is 1. The van der Waals surface area contributed by atoms with Gasteiger partial charge in [-0.3, -0.25) is 19.3 Å². The van der Waals surface area contributed by atoms with E-state index in [1.807, 2.05) is 19.1 Å². The van der Waals surface area contributed by atoms with E-state index in [2.05, 4.69) is 21.2 Å². The first kappa shape index (κ1) is 21.8. The minimum absolute atomic E-state index is 0.118. The second-order valence-electron chi connectivity index (χ2n) is 9.03. The standard InChI is InChI=1S/C25H23BrN2O5/c1-13-10-17(26)6-9-19(13)27-20(29)12-33-25(32)14-4-7-18(8-5-14)28-23(30)21-15-2-3-16(11-15)22(21)24(28)31/h4-10,15-16,21-22H,2-3,11-12H2,1H3,(H,27,29)/t15-,16-,21-,22+/m0/s1. The van der Waals surface area contributed by atoms with Crippen molar-refractivity contribution in [3.63, 3.8) is 0 Å². The molecule has 5 rings (SSSR count). The smallest absolute Gasteiger partial charge is 0.338 e. The Labute approximate surface area is 199 Å². The van der Waals surface area contributed by atoms with Crippen LogP contribution in [0.15, 0.2) is 46.9 Å². The van der Waals surface area contributed by atoms with Gasteiger partial charge in [-0.2, -0.15) is 0 Å². The lowest BCUT2D eigenvalue weighted by atomic mass is 9.81. The highest BCUT2D eigenvalue weighted by Gasteiger charge is 2.61. The lowest BCUT2D eigenvalue weighted by Gasteiger charge is -2.19. The largest absolute Gasteiger partial charge is 0.452 e. The minimum Gasteiger partial charge on any atom is -0.452 e. The topological polar surface area (TPSA) is 92.8 Å². The van der Waals surface area contributed by atoms with Crippen LogP contribution in [-0.2, 0) is 19.1 Å². The molecule has 3 aliphatic rings. The van der Waals surface area contributed by atoms with Gasteiger partial charge in [0, 0.05) is 10.2 Å². The predicted octanol–water partition coefficient (Wildman–Crippen LogP) is 4.09. The van der Waals surface area contributed by atoms with E-state index >= 15 is 0 Å². The van der Waals surface area contributed by atoms with Crippen molar-refractivity contribution in [3.8, 4) is 0 Å². The summed E-state index contributed by atoms with van der Waals surface area (Å²) in [6, 6.07) is 11.6. The summed E-state index contributed by atoms with van der Waals surface area (Å²) in [4.78, 5) is 51.7. The van der Waals surface area contributed by atoms with Crippen molar-refractivity contribution >= 4 is 51.0 Å². The van der Waals surface area contributed by atoms with Crippen LogP contribution in [0.4, 0.5) is 11.4 Å². The quantitative estimate of drug-likeness (QED) is 0.483. The molecule has 0 spiro atoms. The van der Waals surface area contributed by atoms with Crippen LogP contribution >= 0.6 is 15.9 Å². The number of nitrogens with zero attached hydrogens (tertiary/aromatic N) is 1. The zero-order valence-electron chi connectivity index (χ0n) is 18.0. The van der Waals surface area contributed by atoms with E-state index < -0.39 is 18.5 Å². The number of aryl methyl sites for hydroxylation is 1. The molecule has 2 saturated carbocycles. The van der Waals surface area contributed by atoms with Crippen molar-refractivity contribution in [3.05, 3.63) is 58.1 Å². The third-order valence-electron chi connectivity index (χ3n) is 7.09. The van der Waals surface area contributed by atoms with Gasteiger partial charge in [0.05, 0.1) is 23.1 Å². The van der Waals surface area contributed by atoms with E-state index in [1.165, 1.54) is 17.0 Å². The zero-order valence-corrected chi connectivity index (χ0v) is 19.6. The Morgan fingerprint density at radius 1 is 1.03 bits per heavy atom. The maximum atomic E-state index is 12.9. The highest BCUT2D eigenvalue weighted by atomic mass is 79.9. The second kappa shape index (κ2) is 8.41. The molecule has 1 saturated heterocycles. The third-order valence-corrected chi connectivity index (χ3v) is 7.58. The van der Waals surface area contributed by atoms with Crippen LogP contribution in [0.1, 0.15) is 35.2 Å². The molecule has 33 heavy (non-hydrogen) atoms. The number of anilines is 2. The Morgan fingerprint density at radius 2 is 1.67 bits per heavy atom. The Kier molecular flexibility index (Phi) is 5.56. The summed E-state index contributed by atoms with van der Waals surface area (Å²) in [6.07, 6.45) is 3.04. The van der Waals surface area contributed by atoms with Gasteiger partial charge in [-0.1, -0.05) is 15.9 Å². The van der Waals surface area contributed by atoms with Crippen LogP contribution in [0, 0.1) is 30.6 Å². The molecule has 1 aliphatic heterocycles. The molecule has 2 bridgehead atoms. The van der Waals surface area contributed by atoms with Gasteiger partial charge < -0.3 is 10.1 Å². The Bertz CT molecular complexity index is 1130. The van der Waals surface area contributed by atoms with Crippen LogP contribution < -0.4 is 10.2 Å². The van der Waals surface area contributed by atoms with Gasteiger partial charge in [0.2, 0.25) is 11.8 Å². The molecule has 0 radical (unpaired) electrons. The summed E-state index contributed by atoms with van der Waals surface area (Å²) in [5.74, 6) is -1.06. The number of esters is 1. The molecule has 0 aromatic heterocycles. The van der Waals surface area contributed by atoms with Crippen LogP contribution in [0.5, 0.6) is 0 Å². The van der Waals surface area contributed by atoms with Gasteiger partial charge in [0.15, 0.2) is 6.61 Å². The van der Waals surface area contributed by atoms with Crippen molar-refractivity contribution in [2.45, 2.75) is 26.2 Å². The van der Waals surface area contributed by atoms with E-state index in [9.17, 15) is 19.2 Å². The molecule has 4 atom stereocenters. The number of rotatable bonds is 5. The molecule has 3 amide bonds. The van der Waals surface area contributed by atoms with Crippen LogP contribution in [0.3, 0.4) is 0 Å². The molecule has 1 heterocycles. The second-order valence-corrected chi connectivity index (χ2v) is 9.94. The number of halogens is 1. The fraction of sp³-hybridized carbons (Fsp3) is 0.360. The number of hydrogen-bond donors (Lipinski definition) is 1. The molecule has 1 N–H and O–H groups in total. The van der Waals surface area contributed by atoms with Gasteiger partial charge in [0.25, 0.3) is 5.91 Å². The highest BCUT2D eigenvalue weighted by molar-refractivity contribution is 9.10. The molecule has 8 heteroatoms. The van der Waals surface area contributed by atoms with Crippen LogP contribution in [0.25, 0.3) is 0 Å². The first-order valence-corrected chi connectivity index (χ1v) is 11.8. The maximum absolute atomic E-state index is 12.9. The molecule has 7 nitrogen and oxygen atoms in total. The van der Waals surface area contributed by atoms with E-state index in [1.54, 1.807) is 18.2 Å². The van der Waals surface area contributed by atoms with Crippen molar-refractivity contribution in [2.24, 2.45) is 23.7 Å². The lowest BCUT2D eigenvalue weighted by Crippen LogP contribution is -2.32. The lowest BCUT2D eigenvalue weighted by molar-refractivity contribution is -0.123. The summed E-state index contributed by atoms with van der Waals surface area (Å²) < 4.78 is 6.03. The average molecular weight is 511 g/mol. The van der Waals surface area contributed by atoms with Crippen molar-refractivity contribution in [1.82, 2.24) is 0 Å². The number of hydrogen-bond acceptors (Lipinski definition) is 5. The van der Waals surface area contributed by atoms with E-state index in [4.69, 9.17) is 4.74 Å². The fourth-order valence-corrected chi connectivity index (χ4v) is 6.05. The summed E-state index contributed by atoms with van der Waals surface area (Å²) in [7, 11) is 0. The first-order valence-electron chi connectivity index (χ1n) is 11.0. The fourth-order valence-electron chi connectivity index (χ4n) is 5.58. The number of ether oxygens (including phenoxy) is 1. The summed E-state index contributed by atoms with van der Waals surface area (Å²) in [6.45, 7) is 1.44. The van der Waals surface area contributed by atoms with Crippen LogP contribution in [-0.4, -0.2) is 30.3 Å². The SMILES string of the molecule is Cc1cc(Br)ccc1NC(=O)COC(=O)c1ccc(N2C(=O)[C@@H]3[C@H]4CC[C@@H](C4)[C@@H]3C2=O)cc1. The number of imide groups is 1. The van der Waals surface area contributed by atoms with Crippen molar-refractivity contribution in [2.75, 3.05) is 16.8 Å². The summed E-state index contributed by atoms with van der Waals surface area (Å²) >= 11 is 3.37. The molecule has 2 aliphatic carbocycles. The molecular weight excluding hydrogens is 488 g/mol. The Morgan fingerprint density at radius 3 is 2.27 bits per heavy atom. The summed E-state index contributed by atoms with van der Waals surface area (Å²) in [5.41, 5.74) is 2.23. The molecule has 2 aromatic carbocycles. The van der Waals surface area contributed by atoms with Gasteiger partial charge in [-0.15, -0.1) is 0 Å². The van der Waals surface area contributed by atoms with E-state index in [-0.39, 0.29) is 29.2 Å². The van der Waals surface area contributed by atoms with Gasteiger partial charge in [0.1, 0.15) is 0 Å². The predicted molar refractivity (Wildman–Crippen MR) is 125 cm³/mol. The maximum Gasteiger partial charge on any atom is 0.338 e. The third kappa shape index (κ3) is 3.86.